The van der Waals surface area contributed by atoms with Crippen molar-refractivity contribution >= 4 is 5.97 Å². The lowest BCUT2D eigenvalue weighted by atomic mass is 10.2. The second kappa shape index (κ2) is 6.82. The van der Waals surface area contributed by atoms with Crippen LogP contribution in [0.15, 0.2) is 48.5 Å². The topological polar surface area (TPSA) is 48.4 Å². The first-order valence-corrected chi connectivity index (χ1v) is 6.46. The Bertz CT molecular complexity index is 569. The molecular formula is C16H17NO3. The molecule has 1 aromatic heterocycles. The van der Waals surface area contributed by atoms with Crippen molar-refractivity contribution in [3.05, 3.63) is 59.8 Å². The molecule has 1 heterocycles. The molecule has 20 heavy (non-hydrogen) atoms. The van der Waals surface area contributed by atoms with Gasteiger partial charge in [-0.15, -0.1) is 0 Å². The molecule has 1 atom stereocenters. The highest BCUT2D eigenvalue weighted by atomic mass is 16.6. The maximum Gasteiger partial charge on any atom is 0.341 e. The van der Waals surface area contributed by atoms with Crippen molar-refractivity contribution in [2.75, 3.05) is 0 Å². The Hall–Kier alpha value is -2.20. The number of nitrogens with zero attached hydrogens (tertiary/aromatic N) is 1. The van der Waals surface area contributed by atoms with Crippen molar-refractivity contribution in [3.8, 4) is 5.88 Å². The molecule has 0 radical (unpaired) electrons. The molecule has 4 nitrogen and oxygen atoms in total. The van der Waals surface area contributed by atoms with E-state index in [1.165, 1.54) is 0 Å². The van der Waals surface area contributed by atoms with Gasteiger partial charge in [-0.1, -0.05) is 36.4 Å². The zero-order valence-electron chi connectivity index (χ0n) is 11.6. The van der Waals surface area contributed by atoms with Crippen molar-refractivity contribution < 1.29 is 14.3 Å². The summed E-state index contributed by atoms with van der Waals surface area (Å²) in [5, 5.41) is 0. The predicted molar refractivity (Wildman–Crippen MR) is 75.3 cm³/mol. The highest BCUT2D eigenvalue weighted by molar-refractivity contribution is 5.76. The average molecular weight is 271 g/mol. The maximum atomic E-state index is 11.9. The molecule has 1 unspecified atom stereocenters. The minimum absolute atomic E-state index is 0.296. The second-order valence-electron chi connectivity index (χ2n) is 4.48. The summed E-state index contributed by atoms with van der Waals surface area (Å²) in [6, 6.07) is 15.0. The molecule has 0 aliphatic carbocycles. The molecule has 0 saturated carbocycles. The fourth-order valence-corrected chi connectivity index (χ4v) is 1.62. The number of aryl methyl sites for hydroxylation is 1. The Morgan fingerprint density at radius 3 is 2.60 bits per heavy atom. The van der Waals surface area contributed by atoms with Crippen LogP contribution < -0.4 is 4.74 Å². The molecule has 0 amide bonds. The number of benzene rings is 1. The Morgan fingerprint density at radius 2 is 1.90 bits per heavy atom. The Kier molecular flexibility index (Phi) is 4.85. The minimum Gasteiger partial charge on any atom is -0.406 e. The number of carbonyl (C=O) groups excluding carboxylic acids is 1. The summed E-state index contributed by atoms with van der Waals surface area (Å²) < 4.78 is 10.7. The maximum absolute atomic E-state index is 11.9. The molecule has 0 aliphatic heterocycles. The van der Waals surface area contributed by atoms with Gasteiger partial charge in [0.2, 0.25) is 5.88 Å². The minimum atomic E-state index is -0.641. The lowest BCUT2D eigenvalue weighted by Gasteiger charge is -2.12. The number of rotatable bonds is 5. The average Bonchev–Trinajstić information content (AvgIpc) is 2.46. The standard InChI is InChI=1S/C16H17NO3/c1-12-7-6-10-15(17-12)20-16(18)13(2)19-11-14-8-4-3-5-9-14/h3-10,13H,11H2,1-2H3. The number of pyridine rings is 1. The number of hydrogen-bond acceptors (Lipinski definition) is 4. The fourth-order valence-electron chi connectivity index (χ4n) is 1.62. The van der Waals surface area contributed by atoms with Gasteiger partial charge < -0.3 is 9.47 Å². The SMILES string of the molecule is Cc1cccc(OC(=O)C(C)OCc2ccccc2)n1. The van der Waals surface area contributed by atoms with E-state index in [2.05, 4.69) is 4.98 Å². The van der Waals surface area contributed by atoms with Crippen molar-refractivity contribution in [2.45, 2.75) is 26.6 Å². The number of esters is 1. The van der Waals surface area contributed by atoms with Gasteiger partial charge in [-0.3, -0.25) is 0 Å². The van der Waals surface area contributed by atoms with Gasteiger partial charge in [0.1, 0.15) is 0 Å². The van der Waals surface area contributed by atoms with Gasteiger partial charge in [0, 0.05) is 11.8 Å². The largest absolute Gasteiger partial charge is 0.406 e. The number of ether oxygens (including phenoxy) is 2. The lowest BCUT2D eigenvalue weighted by molar-refractivity contribution is -0.147. The van der Waals surface area contributed by atoms with E-state index in [1.807, 2.05) is 43.3 Å². The molecule has 0 bridgehead atoms. The molecular weight excluding hydrogens is 254 g/mol. The van der Waals surface area contributed by atoms with E-state index in [0.29, 0.717) is 12.5 Å². The zero-order chi connectivity index (χ0) is 14.4. The molecule has 2 aromatic rings. The van der Waals surface area contributed by atoms with E-state index >= 15 is 0 Å². The fraction of sp³-hybridized carbons (Fsp3) is 0.250. The molecule has 1 aromatic carbocycles. The first kappa shape index (κ1) is 14.2. The van der Waals surface area contributed by atoms with Gasteiger partial charge in [0.25, 0.3) is 0 Å². The van der Waals surface area contributed by atoms with Crippen molar-refractivity contribution in [1.82, 2.24) is 4.98 Å². The van der Waals surface area contributed by atoms with Crippen LogP contribution in [0.4, 0.5) is 0 Å². The van der Waals surface area contributed by atoms with Crippen molar-refractivity contribution in [2.24, 2.45) is 0 Å². The van der Waals surface area contributed by atoms with Gasteiger partial charge in [0.05, 0.1) is 6.61 Å². The van der Waals surface area contributed by atoms with Gasteiger partial charge in [-0.2, -0.15) is 0 Å². The van der Waals surface area contributed by atoms with E-state index in [4.69, 9.17) is 9.47 Å². The summed E-state index contributed by atoms with van der Waals surface area (Å²) in [6.07, 6.45) is -0.641. The van der Waals surface area contributed by atoms with Gasteiger partial charge >= 0.3 is 5.97 Å². The lowest BCUT2D eigenvalue weighted by Crippen LogP contribution is -2.26. The number of hydrogen-bond donors (Lipinski definition) is 0. The predicted octanol–water partition coefficient (Wildman–Crippen LogP) is 2.90. The third-order valence-electron chi connectivity index (χ3n) is 2.74. The van der Waals surface area contributed by atoms with Crippen molar-refractivity contribution in [3.63, 3.8) is 0 Å². The van der Waals surface area contributed by atoms with Gasteiger partial charge in [0.15, 0.2) is 6.10 Å². The van der Waals surface area contributed by atoms with Crippen LogP contribution in [0.5, 0.6) is 5.88 Å². The van der Waals surface area contributed by atoms with Crippen LogP contribution >= 0.6 is 0 Å². The van der Waals surface area contributed by atoms with Crippen molar-refractivity contribution in [1.29, 1.82) is 0 Å². The molecule has 2 rings (SSSR count). The first-order valence-electron chi connectivity index (χ1n) is 6.46. The molecule has 0 aliphatic rings. The van der Waals surface area contributed by atoms with Crippen LogP contribution in [-0.2, 0) is 16.1 Å². The highest BCUT2D eigenvalue weighted by Crippen LogP contribution is 2.10. The van der Waals surface area contributed by atoms with E-state index in [1.54, 1.807) is 19.1 Å². The zero-order valence-corrected chi connectivity index (χ0v) is 11.6. The molecule has 0 N–H and O–H groups in total. The Labute approximate surface area is 118 Å². The molecule has 4 heteroatoms. The van der Waals surface area contributed by atoms with E-state index in [0.717, 1.165) is 11.3 Å². The van der Waals surface area contributed by atoms with Gasteiger partial charge in [-0.25, -0.2) is 9.78 Å². The van der Waals surface area contributed by atoms with Crippen LogP contribution in [0.2, 0.25) is 0 Å². The second-order valence-corrected chi connectivity index (χ2v) is 4.48. The molecule has 0 saturated heterocycles. The molecule has 104 valence electrons. The Morgan fingerprint density at radius 1 is 1.15 bits per heavy atom. The van der Waals surface area contributed by atoms with Crippen LogP contribution in [0.25, 0.3) is 0 Å². The molecule has 0 spiro atoms. The summed E-state index contributed by atoms with van der Waals surface area (Å²) >= 11 is 0. The smallest absolute Gasteiger partial charge is 0.341 e. The number of aromatic nitrogens is 1. The van der Waals surface area contributed by atoms with E-state index < -0.39 is 12.1 Å². The number of carbonyl (C=O) groups is 1. The molecule has 0 fully saturated rings. The monoisotopic (exact) mass is 271 g/mol. The summed E-state index contributed by atoms with van der Waals surface area (Å²) in [6.45, 7) is 3.88. The third kappa shape index (κ3) is 4.17. The Balaban J connectivity index is 1.86. The first-order chi connectivity index (χ1) is 9.65. The summed E-state index contributed by atoms with van der Waals surface area (Å²) in [7, 11) is 0. The van der Waals surface area contributed by atoms with Crippen LogP contribution in [0, 0.1) is 6.92 Å². The summed E-state index contributed by atoms with van der Waals surface area (Å²) in [5.74, 6) is -0.149. The summed E-state index contributed by atoms with van der Waals surface area (Å²) in [4.78, 5) is 16.0. The van der Waals surface area contributed by atoms with Crippen LogP contribution in [-0.4, -0.2) is 17.1 Å². The highest BCUT2D eigenvalue weighted by Gasteiger charge is 2.16. The van der Waals surface area contributed by atoms with E-state index in [9.17, 15) is 4.79 Å². The van der Waals surface area contributed by atoms with Crippen LogP contribution in [0.3, 0.4) is 0 Å². The van der Waals surface area contributed by atoms with E-state index in [-0.39, 0.29) is 0 Å². The van der Waals surface area contributed by atoms with Gasteiger partial charge in [-0.05, 0) is 25.5 Å². The third-order valence-corrected chi connectivity index (χ3v) is 2.74. The normalized spacial score (nSPS) is 11.9. The van der Waals surface area contributed by atoms with Crippen LogP contribution in [0.1, 0.15) is 18.2 Å². The summed E-state index contributed by atoms with van der Waals surface area (Å²) in [5.41, 5.74) is 1.81. The quantitative estimate of drug-likeness (QED) is 0.784.